The number of nitrogens with one attached hydrogen (secondary N) is 1. The number of carbonyl (C=O) groups is 2. The van der Waals surface area contributed by atoms with Gasteiger partial charge in [-0.15, -0.1) is 12.3 Å². The Morgan fingerprint density at radius 2 is 2.15 bits per heavy atom. The quantitative estimate of drug-likeness (QED) is 0.658. The van der Waals surface area contributed by atoms with Crippen LogP contribution in [0.4, 0.5) is 0 Å². The van der Waals surface area contributed by atoms with E-state index in [-0.39, 0.29) is 12.0 Å². The summed E-state index contributed by atoms with van der Waals surface area (Å²) < 4.78 is 5.46. The summed E-state index contributed by atoms with van der Waals surface area (Å²) in [5.41, 5.74) is 0.802. The fourth-order valence-electron chi connectivity index (χ4n) is 2.03. The van der Waals surface area contributed by atoms with E-state index < -0.39 is 5.97 Å². The number of hydrogen-bond donors (Lipinski definition) is 1. The van der Waals surface area contributed by atoms with Crippen molar-refractivity contribution in [2.45, 2.75) is 25.4 Å². The molecule has 0 heterocycles. The molecule has 0 aromatic heterocycles. The molecule has 1 atom stereocenters. The summed E-state index contributed by atoms with van der Waals surface area (Å²) in [6.07, 6.45) is 7.63. The summed E-state index contributed by atoms with van der Waals surface area (Å²) in [7, 11) is 1.55. The predicted molar refractivity (Wildman–Crippen MR) is 75.2 cm³/mol. The third-order valence-corrected chi connectivity index (χ3v) is 3.31. The largest absolute Gasteiger partial charge is 0.457 e. The maximum absolute atomic E-state index is 12.1. The van der Waals surface area contributed by atoms with Crippen LogP contribution in [0.3, 0.4) is 0 Å². The van der Waals surface area contributed by atoms with Crippen molar-refractivity contribution >= 4 is 11.9 Å². The molecule has 0 aliphatic heterocycles. The highest BCUT2D eigenvalue weighted by Gasteiger charge is 2.33. The number of carbonyl (C=O) groups excluding carboxylic acids is 2. The molecule has 1 amide bonds. The van der Waals surface area contributed by atoms with E-state index in [1.54, 1.807) is 25.2 Å². The van der Waals surface area contributed by atoms with Crippen molar-refractivity contribution < 1.29 is 14.3 Å². The molecule has 1 N–H and O–H groups in total. The normalized spacial score (nSPS) is 15.0. The molecule has 0 bridgehead atoms. The standard InChI is InChI=1S/C16H17NO3/c1-3-5-14(11-8-9-11)20-16(19)13-7-4-6-12(10-13)15(18)17-2/h1,4,6-7,10-11,14H,5,8-9H2,2H3,(H,17,18)/t14-/m1/s1. The number of hydrogen-bond acceptors (Lipinski definition) is 3. The van der Waals surface area contributed by atoms with Gasteiger partial charge in [0.05, 0.1) is 5.56 Å². The molecule has 20 heavy (non-hydrogen) atoms. The van der Waals surface area contributed by atoms with Crippen LogP contribution in [0.2, 0.25) is 0 Å². The highest BCUT2D eigenvalue weighted by atomic mass is 16.5. The van der Waals surface area contributed by atoms with Crippen molar-refractivity contribution in [1.29, 1.82) is 0 Å². The average Bonchev–Trinajstić information content (AvgIpc) is 3.30. The molecule has 1 fully saturated rings. The first kappa shape index (κ1) is 14.1. The Bertz CT molecular complexity index is 555. The molecule has 0 spiro atoms. The van der Waals surface area contributed by atoms with Gasteiger partial charge in [-0.1, -0.05) is 6.07 Å². The van der Waals surface area contributed by atoms with E-state index in [0.717, 1.165) is 12.8 Å². The van der Waals surface area contributed by atoms with Crippen LogP contribution in [-0.4, -0.2) is 25.0 Å². The minimum atomic E-state index is -0.428. The van der Waals surface area contributed by atoms with Gasteiger partial charge in [0, 0.05) is 19.0 Å². The van der Waals surface area contributed by atoms with Crippen LogP contribution >= 0.6 is 0 Å². The Hall–Kier alpha value is -2.28. The molecule has 4 heteroatoms. The molecular weight excluding hydrogens is 254 g/mol. The van der Waals surface area contributed by atoms with E-state index in [2.05, 4.69) is 11.2 Å². The van der Waals surface area contributed by atoms with E-state index in [0.29, 0.717) is 23.5 Å². The summed E-state index contributed by atoms with van der Waals surface area (Å²) in [4.78, 5) is 23.6. The first-order chi connectivity index (χ1) is 9.65. The molecule has 0 saturated heterocycles. The molecule has 104 valence electrons. The summed E-state index contributed by atoms with van der Waals surface area (Å²) >= 11 is 0. The second kappa shape index (κ2) is 6.25. The van der Waals surface area contributed by atoms with Crippen LogP contribution in [-0.2, 0) is 4.74 Å². The second-order valence-corrected chi connectivity index (χ2v) is 4.85. The van der Waals surface area contributed by atoms with Crippen molar-refractivity contribution in [2.75, 3.05) is 7.05 Å². The zero-order valence-corrected chi connectivity index (χ0v) is 11.4. The Kier molecular flexibility index (Phi) is 4.41. The second-order valence-electron chi connectivity index (χ2n) is 4.85. The number of esters is 1. The third kappa shape index (κ3) is 3.39. The number of benzene rings is 1. The number of terminal acetylenes is 1. The van der Waals surface area contributed by atoms with Gasteiger partial charge >= 0.3 is 5.97 Å². The first-order valence-electron chi connectivity index (χ1n) is 6.62. The smallest absolute Gasteiger partial charge is 0.338 e. The number of amides is 1. The van der Waals surface area contributed by atoms with E-state index in [1.807, 2.05) is 0 Å². The van der Waals surface area contributed by atoms with E-state index in [1.165, 1.54) is 6.07 Å². The monoisotopic (exact) mass is 271 g/mol. The number of ether oxygens (including phenoxy) is 1. The molecule has 4 nitrogen and oxygen atoms in total. The van der Waals surface area contributed by atoms with Gasteiger partial charge in [-0.2, -0.15) is 0 Å². The van der Waals surface area contributed by atoms with Crippen molar-refractivity contribution in [3.63, 3.8) is 0 Å². The predicted octanol–water partition coefficient (Wildman–Crippen LogP) is 2.00. The Morgan fingerprint density at radius 1 is 1.45 bits per heavy atom. The molecular formula is C16H17NO3. The summed E-state index contributed by atoms with van der Waals surface area (Å²) in [6, 6.07) is 6.47. The van der Waals surface area contributed by atoms with Gasteiger partial charge in [0.1, 0.15) is 6.10 Å². The van der Waals surface area contributed by atoms with Gasteiger partial charge in [0.2, 0.25) is 0 Å². The van der Waals surface area contributed by atoms with Gasteiger partial charge in [-0.05, 0) is 37.0 Å². The lowest BCUT2D eigenvalue weighted by Gasteiger charge is -2.15. The van der Waals surface area contributed by atoms with Crippen molar-refractivity contribution in [1.82, 2.24) is 5.32 Å². The zero-order valence-electron chi connectivity index (χ0n) is 11.4. The van der Waals surface area contributed by atoms with Crippen LogP contribution in [0.1, 0.15) is 40.0 Å². The van der Waals surface area contributed by atoms with Gasteiger partial charge in [0.15, 0.2) is 0 Å². The lowest BCUT2D eigenvalue weighted by atomic mass is 10.1. The fraction of sp³-hybridized carbons (Fsp3) is 0.375. The summed E-state index contributed by atoms with van der Waals surface area (Å²) in [5.74, 6) is 2.27. The lowest BCUT2D eigenvalue weighted by molar-refractivity contribution is 0.0261. The van der Waals surface area contributed by atoms with Crippen molar-refractivity contribution in [2.24, 2.45) is 5.92 Å². The zero-order chi connectivity index (χ0) is 14.5. The fourth-order valence-corrected chi connectivity index (χ4v) is 2.03. The van der Waals surface area contributed by atoms with E-state index >= 15 is 0 Å². The molecule has 2 rings (SSSR count). The Balaban J connectivity index is 2.08. The molecule has 1 aromatic rings. The van der Waals surface area contributed by atoms with Crippen LogP contribution in [0.15, 0.2) is 24.3 Å². The molecule has 1 aliphatic carbocycles. The minimum Gasteiger partial charge on any atom is -0.457 e. The van der Waals surface area contributed by atoms with Gasteiger partial charge in [-0.3, -0.25) is 4.79 Å². The molecule has 1 aliphatic rings. The highest BCUT2D eigenvalue weighted by Crippen LogP contribution is 2.36. The molecule has 0 radical (unpaired) electrons. The van der Waals surface area contributed by atoms with Crippen LogP contribution in [0.5, 0.6) is 0 Å². The van der Waals surface area contributed by atoms with Crippen molar-refractivity contribution in [3.05, 3.63) is 35.4 Å². The topological polar surface area (TPSA) is 55.4 Å². The van der Waals surface area contributed by atoms with Crippen LogP contribution in [0.25, 0.3) is 0 Å². The summed E-state index contributed by atoms with van der Waals surface area (Å²) in [5, 5.41) is 2.52. The van der Waals surface area contributed by atoms with Crippen molar-refractivity contribution in [3.8, 4) is 12.3 Å². The van der Waals surface area contributed by atoms with Gasteiger partial charge in [0.25, 0.3) is 5.91 Å². The van der Waals surface area contributed by atoms with Gasteiger partial charge in [-0.25, -0.2) is 4.79 Å². The summed E-state index contributed by atoms with van der Waals surface area (Å²) in [6.45, 7) is 0. The maximum atomic E-state index is 12.1. The first-order valence-corrected chi connectivity index (χ1v) is 6.62. The minimum absolute atomic E-state index is 0.212. The molecule has 1 saturated carbocycles. The van der Waals surface area contributed by atoms with E-state index in [4.69, 9.17) is 11.2 Å². The Morgan fingerprint density at radius 3 is 2.75 bits per heavy atom. The van der Waals surface area contributed by atoms with E-state index in [9.17, 15) is 9.59 Å². The Labute approximate surface area is 118 Å². The SMILES string of the molecule is C#CC[C@@H](OC(=O)c1cccc(C(=O)NC)c1)C1CC1. The lowest BCUT2D eigenvalue weighted by Crippen LogP contribution is -2.21. The molecule has 0 unspecified atom stereocenters. The van der Waals surface area contributed by atoms with Gasteiger partial charge < -0.3 is 10.1 Å². The number of rotatable bonds is 5. The highest BCUT2D eigenvalue weighted by molar-refractivity contribution is 5.97. The molecule has 1 aromatic carbocycles. The third-order valence-electron chi connectivity index (χ3n) is 3.31. The van der Waals surface area contributed by atoms with Crippen LogP contribution in [0, 0.1) is 18.3 Å². The van der Waals surface area contributed by atoms with Crippen LogP contribution < -0.4 is 5.32 Å². The average molecular weight is 271 g/mol. The maximum Gasteiger partial charge on any atom is 0.338 e.